The van der Waals surface area contributed by atoms with E-state index in [-0.39, 0.29) is 18.5 Å². The molecular weight excluding hydrogens is 450 g/mol. The van der Waals surface area contributed by atoms with E-state index in [2.05, 4.69) is 5.32 Å². The van der Waals surface area contributed by atoms with Crippen molar-refractivity contribution < 1.29 is 18.0 Å². The molecular formula is C26H37N3O4S. The lowest BCUT2D eigenvalue weighted by Gasteiger charge is -2.32. The molecule has 0 aliphatic rings. The van der Waals surface area contributed by atoms with Gasteiger partial charge in [-0.05, 0) is 57.7 Å². The first-order valence-electron chi connectivity index (χ1n) is 11.6. The molecule has 0 bridgehead atoms. The standard InChI is InChI=1S/C26H37N3O4S/c1-7-21(4)27-26(31)22(5)28(16-15-23-11-9-8-10-12-23)25(30)18-29(34(6,32)33)24-14-13-19(2)17-20(24)3/h8-14,17,21-22H,7,15-16,18H2,1-6H3,(H,27,31)/t21-,22-/m0/s1. The predicted octanol–water partition coefficient (Wildman–Crippen LogP) is 3.44. The zero-order chi connectivity index (χ0) is 25.5. The largest absolute Gasteiger partial charge is 0.352 e. The molecule has 7 nitrogen and oxygen atoms in total. The lowest BCUT2D eigenvalue weighted by molar-refractivity contribution is -0.139. The summed E-state index contributed by atoms with van der Waals surface area (Å²) in [7, 11) is -3.73. The third-order valence-corrected chi connectivity index (χ3v) is 7.08. The molecule has 2 aromatic rings. The zero-order valence-corrected chi connectivity index (χ0v) is 21.9. The Bertz CT molecular complexity index is 1090. The molecule has 2 rings (SSSR count). The normalized spacial score (nSPS) is 13.1. The summed E-state index contributed by atoms with van der Waals surface area (Å²) >= 11 is 0. The number of amides is 2. The number of aryl methyl sites for hydroxylation is 2. The minimum atomic E-state index is -3.73. The van der Waals surface area contributed by atoms with Crippen LogP contribution in [0.1, 0.15) is 43.9 Å². The maximum Gasteiger partial charge on any atom is 0.244 e. The van der Waals surface area contributed by atoms with E-state index in [1.807, 2.05) is 70.2 Å². The van der Waals surface area contributed by atoms with Crippen molar-refractivity contribution >= 4 is 27.5 Å². The summed E-state index contributed by atoms with van der Waals surface area (Å²) in [4.78, 5) is 27.9. The molecule has 2 atom stereocenters. The molecule has 0 fully saturated rings. The lowest BCUT2D eigenvalue weighted by atomic mass is 10.1. The van der Waals surface area contributed by atoms with E-state index < -0.39 is 22.0 Å². The molecule has 2 aromatic carbocycles. The van der Waals surface area contributed by atoms with Crippen LogP contribution < -0.4 is 9.62 Å². The van der Waals surface area contributed by atoms with Crippen molar-refractivity contribution in [1.29, 1.82) is 0 Å². The van der Waals surface area contributed by atoms with Crippen LogP contribution in [0, 0.1) is 13.8 Å². The van der Waals surface area contributed by atoms with Gasteiger partial charge in [0.05, 0.1) is 11.9 Å². The maximum absolute atomic E-state index is 13.5. The summed E-state index contributed by atoms with van der Waals surface area (Å²) in [5.74, 6) is -0.679. The van der Waals surface area contributed by atoms with Crippen LogP contribution in [-0.2, 0) is 26.0 Å². The van der Waals surface area contributed by atoms with E-state index in [0.717, 1.165) is 33.7 Å². The molecule has 0 aliphatic carbocycles. The van der Waals surface area contributed by atoms with E-state index >= 15 is 0 Å². The number of nitrogens with zero attached hydrogens (tertiary/aromatic N) is 2. The summed E-state index contributed by atoms with van der Waals surface area (Å²) in [5, 5.41) is 2.93. The maximum atomic E-state index is 13.5. The van der Waals surface area contributed by atoms with Gasteiger partial charge in [0, 0.05) is 12.6 Å². The van der Waals surface area contributed by atoms with Gasteiger partial charge in [-0.25, -0.2) is 8.42 Å². The summed E-state index contributed by atoms with van der Waals surface area (Å²) in [6.45, 7) is 9.23. The average molecular weight is 488 g/mol. The number of hydrogen-bond acceptors (Lipinski definition) is 4. The number of anilines is 1. The molecule has 0 unspecified atom stereocenters. The molecule has 2 amide bonds. The van der Waals surface area contributed by atoms with Gasteiger partial charge in [0.15, 0.2) is 0 Å². The summed E-state index contributed by atoms with van der Waals surface area (Å²) in [6.07, 6.45) is 2.41. The molecule has 0 spiro atoms. The van der Waals surface area contributed by atoms with Crippen LogP contribution in [0.2, 0.25) is 0 Å². The molecule has 0 saturated heterocycles. The fraction of sp³-hybridized carbons (Fsp3) is 0.462. The van der Waals surface area contributed by atoms with Gasteiger partial charge in [0.1, 0.15) is 12.6 Å². The Kier molecular flexibility index (Phi) is 9.67. The molecule has 0 heterocycles. The van der Waals surface area contributed by atoms with Crippen molar-refractivity contribution in [3.05, 3.63) is 65.2 Å². The van der Waals surface area contributed by atoms with Crippen LogP contribution in [0.4, 0.5) is 5.69 Å². The molecule has 0 aliphatic heterocycles. The fourth-order valence-electron chi connectivity index (χ4n) is 3.72. The number of hydrogen-bond donors (Lipinski definition) is 1. The van der Waals surface area contributed by atoms with Crippen molar-refractivity contribution in [1.82, 2.24) is 10.2 Å². The molecule has 0 saturated carbocycles. The van der Waals surface area contributed by atoms with E-state index in [1.54, 1.807) is 13.0 Å². The second-order valence-electron chi connectivity index (χ2n) is 8.88. The quantitative estimate of drug-likeness (QED) is 0.526. The van der Waals surface area contributed by atoms with E-state index in [0.29, 0.717) is 18.7 Å². The number of benzene rings is 2. The second kappa shape index (κ2) is 12.0. The lowest BCUT2D eigenvalue weighted by Crippen LogP contribution is -2.53. The van der Waals surface area contributed by atoms with Crippen molar-refractivity contribution in [2.45, 2.75) is 59.5 Å². The highest BCUT2D eigenvalue weighted by atomic mass is 32.2. The van der Waals surface area contributed by atoms with Gasteiger partial charge in [0.2, 0.25) is 21.8 Å². The third-order valence-electron chi connectivity index (χ3n) is 5.95. The van der Waals surface area contributed by atoms with E-state index in [1.165, 1.54) is 4.90 Å². The van der Waals surface area contributed by atoms with Crippen LogP contribution in [0.5, 0.6) is 0 Å². The molecule has 0 radical (unpaired) electrons. The number of carbonyl (C=O) groups excluding carboxylic acids is 2. The monoisotopic (exact) mass is 487 g/mol. The Labute approximate surface area is 204 Å². The third kappa shape index (κ3) is 7.58. The van der Waals surface area contributed by atoms with Crippen LogP contribution in [0.25, 0.3) is 0 Å². The van der Waals surface area contributed by atoms with Gasteiger partial charge >= 0.3 is 0 Å². The summed E-state index contributed by atoms with van der Waals surface area (Å²) < 4.78 is 26.5. The smallest absolute Gasteiger partial charge is 0.244 e. The highest BCUT2D eigenvalue weighted by Crippen LogP contribution is 2.24. The highest BCUT2D eigenvalue weighted by Gasteiger charge is 2.30. The van der Waals surface area contributed by atoms with Crippen LogP contribution >= 0.6 is 0 Å². The summed E-state index contributed by atoms with van der Waals surface area (Å²) in [5.41, 5.74) is 3.25. The summed E-state index contributed by atoms with van der Waals surface area (Å²) in [6, 6.07) is 14.3. The molecule has 186 valence electrons. The van der Waals surface area contributed by atoms with Gasteiger partial charge in [-0.15, -0.1) is 0 Å². The first-order valence-corrected chi connectivity index (χ1v) is 13.5. The van der Waals surface area contributed by atoms with Gasteiger partial charge in [-0.2, -0.15) is 0 Å². The number of rotatable bonds is 11. The number of sulfonamides is 1. The van der Waals surface area contributed by atoms with Crippen LogP contribution in [-0.4, -0.2) is 56.6 Å². The first-order chi connectivity index (χ1) is 15.9. The molecule has 1 N–H and O–H groups in total. The Morgan fingerprint density at radius 1 is 1.03 bits per heavy atom. The zero-order valence-electron chi connectivity index (χ0n) is 21.0. The minimum Gasteiger partial charge on any atom is -0.352 e. The Balaban J connectivity index is 2.34. The van der Waals surface area contributed by atoms with Gasteiger partial charge in [-0.3, -0.25) is 13.9 Å². The molecule has 0 aromatic heterocycles. The highest BCUT2D eigenvalue weighted by molar-refractivity contribution is 7.92. The Morgan fingerprint density at radius 2 is 1.68 bits per heavy atom. The van der Waals surface area contributed by atoms with Gasteiger partial charge in [0.25, 0.3) is 0 Å². The second-order valence-corrected chi connectivity index (χ2v) is 10.8. The van der Waals surface area contributed by atoms with Crippen molar-refractivity contribution in [3.8, 4) is 0 Å². The minimum absolute atomic E-state index is 0.0243. The van der Waals surface area contributed by atoms with Crippen LogP contribution in [0.15, 0.2) is 48.5 Å². The van der Waals surface area contributed by atoms with Gasteiger partial charge < -0.3 is 10.2 Å². The number of carbonyl (C=O) groups is 2. The van der Waals surface area contributed by atoms with Crippen molar-refractivity contribution in [2.24, 2.45) is 0 Å². The van der Waals surface area contributed by atoms with Crippen molar-refractivity contribution in [2.75, 3.05) is 23.7 Å². The van der Waals surface area contributed by atoms with Crippen LogP contribution in [0.3, 0.4) is 0 Å². The predicted molar refractivity (Wildman–Crippen MR) is 137 cm³/mol. The van der Waals surface area contributed by atoms with Crippen molar-refractivity contribution in [3.63, 3.8) is 0 Å². The Hall–Kier alpha value is -2.87. The Morgan fingerprint density at radius 3 is 2.24 bits per heavy atom. The average Bonchev–Trinajstić information content (AvgIpc) is 2.77. The van der Waals surface area contributed by atoms with Gasteiger partial charge in [-0.1, -0.05) is 55.0 Å². The van der Waals surface area contributed by atoms with E-state index in [9.17, 15) is 18.0 Å². The molecule has 8 heteroatoms. The number of nitrogens with one attached hydrogen (secondary N) is 1. The molecule has 34 heavy (non-hydrogen) atoms. The first kappa shape index (κ1) is 27.4. The van der Waals surface area contributed by atoms with E-state index in [4.69, 9.17) is 0 Å². The fourth-order valence-corrected chi connectivity index (χ4v) is 4.62. The topological polar surface area (TPSA) is 86.8 Å². The SMILES string of the molecule is CC[C@H](C)NC(=O)[C@H](C)N(CCc1ccccc1)C(=O)CN(c1ccc(C)cc1C)S(C)(=O)=O.